The van der Waals surface area contributed by atoms with Gasteiger partial charge in [-0.1, -0.05) is 0 Å². The third kappa shape index (κ3) is 5.31. The Morgan fingerprint density at radius 1 is 1.25 bits per heavy atom. The third-order valence-electron chi connectivity index (χ3n) is 4.90. The monoisotopic (exact) mass is 386 g/mol. The van der Waals surface area contributed by atoms with Gasteiger partial charge in [-0.25, -0.2) is 4.98 Å². The normalized spacial score (nSPS) is 16.9. The molecule has 1 aliphatic rings. The zero-order valence-electron chi connectivity index (χ0n) is 16.9. The molecule has 0 aliphatic carbocycles. The Morgan fingerprint density at radius 3 is 2.68 bits per heavy atom. The minimum Gasteiger partial charge on any atom is -0.497 e. The van der Waals surface area contributed by atoms with Crippen molar-refractivity contribution in [2.24, 2.45) is 4.99 Å². The van der Waals surface area contributed by atoms with E-state index in [9.17, 15) is 0 Å². The van der Waals surface area contributed by atoms with E-state index in [2.05, 4.69) is 30.1 Å². The second-order valence-electron chi connectivity index (χ2n) is 6.80. The molecule has 8 nitrogen and oxygen atoms in total. The number of ether oxygens (including phenoxy) is 2. The molecule has 0 radical (unpaired) electrons. The van der Waals surface area contributed by atoms with Crippen LogP contribution in [0.2, 0.25) is 0 Å². The van der Waals surface area contributed by atoms with Crippen LogP contribution in [0.3, 0.4) is 0 Å². The number of rotatable bonds is 8. The van der Waals surface area contributed by atoms with Gasteiger partial charge in [-0.05, 0) is 12.8 Å². The van der Waals surface area contributed by atoms with Crippen molar-refractivity contribution in [3.8, 4) is 11.5 Å². The van der Waals surface area contributed by atoms with Crippen LogP contribution in [-0.2, 0) is 6.54 Å². The van der Waals surface area contributed by atoms with Crippen LogP contribution in [0.1, 0.15) is 12.8 Å². The van der Waals surface area contributed by atoms with Crippen LogP contribution < -0.4 is 25.0 Å². The molecule has 0 spiro atoms. The van der Waals surface area contributed by atoms with E-state index in [1.807, 2.05) is 37.8 Å². The number of nitrogens with one attached hydrogen (secondary N) is 2. The highest BCUT2D eigenvalue weighted by atomic mass is 16.5. The lowest BCUT2D eigenvalue weighted by atomic mass is 10.2. The molecular weight excluding hydrogens is 356 g/mol. The molecule has 3 rings (SSSR count). The zero-order valence-corrected chi connectivity index (χ0v) is 16.9. The van der Waals surface area contributed by atoms with Gasteiger partial charge in [0.05, 0.1) is 20.5 Å². The first-order valence-corrected chi connectivity index (χ1v) is 9.62. The van der Waals surface area contributed by atoms with Crippen molar-refractivity contribution >= 4 is 11.6 Å². The first-order valence-electron chi connectivity index (χ1n) is 9.62. The SMILES string of the molecule is CN=C(NCCCn1ccnc1)NC1CCN(c2cc(OC)cc(OC)c2)C1. The number of anilines is 1. The highest BCUT2D eigenvalue weighted by Gasteiger charge is 2.24. The molecular formula is C20H30N6O2. The second-order valence-corrected chi connectivity index (χ2v) is 6.80. The molecule has 28 heavy (non-hydrogen) atoms. The summed E-state index contributed by atoms with van der Waals surface area (Å²) in [5, 5.41) is 6.93. The molecule has 2 N–H and O–H groups in total. The quantitative estimate of drug-likeness (QED) is 0.409. The number of benzene rings is 1. The molecule has 0 amide bonds. The van der Waals surface area contributed by atoms with Crippen LogP contribution in [-0.4, -0.2) is 62.5 Å². The number of imidazole rings is 1. The molecule has 1 aromatic carbocycles. The van der Waals surface area contributed by atoms with Gasteiger partial charge < -0.3 is 29.6 Å². The van der Waals surface area contributed by atoms with E-state index in [-0.39, 0.29) is 0 Å². The van der Waals surface area contributed by atoms with Crippen LogP contribution >= 0.6 is 0 Å². The van der Waals surface area contributed by atoms with E-state index < -0.39 is 0 Å². The Kier molecular flexibility index (Phi) is 7.00. The van der Waals surface area contributed by atoms with Crippen molar-refractivity contribution in [2.45, 2.75) is 25.4 Å². The highest BCUT2D eigenvalue weighted by molar-refractivity contribution is 5.80. The summed E-state index contributed by atoms with van der Waals surface area (Å²) < 4.78 is 12.9. The topological polar surface area (TPSA) is 75.9 Å². The number of aromatic nitrogens is 2. The maximum absolute atomic E-state index is 5.39. The molecule has 1 aliphatic heterocycles. The van der Waals surface area contributed by atoms with Crippen molar-refractivity contribution in [1.29, 1.82) is 0 Å². The fourth-order valence-corrected chi connectivity index (χ4v) is 3.36. The van der Waals surface area contributed by atoms with Gasteiger partial charge in [0.2, 0.25) is 0 Å². The number of hydrogen-bond acceptors (Lipinski definition) is 5. The summed E-state index contributed by atoms with van der Waals surface area (Å²) in [6, 6.07) is 6.34. The van der Waals surface area contributed by atoms with Crippen molar-refractivity contribution in [2.75, 3.05) is 45.8 Å². The molecule has 1 saturated heterocycles. The average Bonchev–Trinajstić information content (AvgIpc) is 3.41. The molecule has 0 bridgehead atoms. The molecule has 1 aromatic heterocycles. The average molecular weight is 387 g/mol. The molecule has 2 heterocycles. The molecule has 1 atom stereocenters. The molecule has 1 unspecified atom stereocenters. The van der Waals surface area contributed by atoms with Crippen molar-refractivity contribution in [3.05, 3.63) is 36.9 Å². The summed E-state index contributed by atoms with van der Waals surface area (Å²) in [7, 11) is 5.16. The molecule has 2 aromatic rings. The predicted molar refractivity (Wildman–Crippen MR) is 112 cm³/mol. The van der Waals surface area contributed by atoms with E-state index in [0.717, 1.165) is 62.2 Å². The largest absolute Gasteiger partial charge is 0.497 e. The summed E-state index contributed by atoms with van der Waals surface area (Å²) in [5.41, 5.74) is 1.11. The van der Waals surface area contributed by atoms with Crippen LogP contribution in [0.4, 0.5) is 5.69 Å². The third-order valence-corrected chi connectivity index (χ3v) is 4.90. The Morgan fingerprint density at radius 2 is 2.04 bits per heavy atom. The Labute approximate surface area is 166 Å². The van der Waals surface area contributed by atoms with Gasteiger partial charge in [0, 0.05) is 75.5 Å². The predicted octanol–water partition coefficient (Wildman–Crippen LogP) is 1.73. The molecule has 1 fully saturated rings. The van der Waals surface area contributed by atoms with Gasteiger partial charge in [-0.2, -0.15) is 0 Å². The van der Waals surface area contributed by atoms with E-state index in [0.29, 0.717) is 6.04 Å². The van der Waals surface area contributed by atoms with Gasteiger partial charge in [-0.3, -0.25) is 4.99 Å². The van der Waals surface area contributed by atoms with Crippen LogP contribution in [0.5, 0.6) is 11.5 Å². The lowest BCUT2D eigenvalue weighted by Crippen LogP contribution is -2.45. The van der Waals surface area contributed by atoms with Crippen LogP contribution in [0.15, 0.2) is 41.9 Å². The summed E-state index contributed by atoms with van der Waals surface area (Å²) in [6.45, 7) is 3.69. The van der Waals surface area contributed by atoms with E-state index in [1.165, 1.54) is 0 Å². The van der Waals surface area contributed by atoms with E-state index >= 15 is 0 Å². The maximum atomic E-state index is 5.39. The van der Waals surface area contributed by atoms with E-state index in [1.54, 1.807) is 20.4 Å². The Bertz CT molecular complexity index is 740. The van der Waals surface area contributed by atoms with Crippen LogP contribution in [0, 0.1) is 0 Å². The van der Waals surface area contributed by atoms with Crippen molar-refractivity contribution in [3.63, 3.8) is 0 Å². The summed E-state index contributed by atoms with van der Waals surface area (Å²) in [4.78, 5) is 10.8. The van der Waals surface area contributed by atoms with Crippen molar-refractivity contribution in [1.82, 2.24) is 20.2 Å². The lowest BCUT2D eigenvalue weighted by molar-refractivity contribution is 0.394. The number of aryl methyl sites for hydroxylation is 1. The Balaban J connectivity index is 1.47. The summed E-state index contributed by atoms with van der Waals surface area (Å²) >= 11 is 0. The second kappa shape index (κ2) is 9.87. The van der Waals surface area contributed by atoms with Crippen LogP contribution in [0.25, 0.3) is 0 Å². The van der Waals surface area contributed by atoms with Gasteiger partial charge in [0.15, 0.2) is 5.96 Å². The summed E-state index contributed by atoms with van der Waals surface area (Å²) in [5.74, 6) is 2.46. The standard InChI is InChI=1S/C20H30N6O2/c1-21-20(23-6-4-8-25-10-7-22-15-25)24-16-5-9-26(14-16)17-11-18(27-2)13-19(12-17)28-3/h7,10-13,15-16H,4-6,8-9,14H2,1-3H3,(H2,21,23,24). The van der Waals surface area contributed by atoms with Gasteiger partial charge in [-0.15, -0.1) is 0 Å². The Hall–Kier alpha value is -2.90. The molecule has 152 valence electrons. The maximum Gasteiger partial charge on any atom is 0.191 e. The first-order chi connectivity index (χ1) is 13.7. The fraction of sp³-hybridized carbons (Fsp3) is 0.500. The zero-order chi connectivity index (χ0) is 19.8. The summed E-state index contributed by atoms with van der Waals surface area (Å²) in [6.07, 6.45) is 7.69. The number of guanidine groups is 1. The number of nitrogens with zero attached hydrogens (tertiary/aromatic N) is 4. The van der Waals surface area contributed by atoms with Gasteiger partial charge in [0.25, 0.3) is 0 Å². The highest BCUT2D eigenvalue weighted by Crippen LogP contribution is 2.30. The molecule has 8 heteroatoms. The minimum absolute atomic E-state index is 0.344. The van der Waals surface area contributed by atoms with Gasteiger partial charge >= 0.3 is 0 Å². The fourth-order valence-electron chi connectivity index (χ4n) is 3.36. The minimum atomic E-state index is 0.344. The smallest absolute Gasteiger partial charge is 0.191 e. The lowest BCUT2D eigenvalue weighted by Gasteiger charge is -2.21. The number of aliphatic imine (C=N–C) groups is 1. The molecule has 0 saturated carbocycles. The number of methoxy groups -OCH3 is 2. The van der Waals surface area contributed by atoms with Crippen molar-refractivity contribution < 1.29 is 9.47 Å². The van der Waals surface area contributed by atoms with E-state index in [4.69, 9.17) is 9.47 Å². The number of hydrogen-bond donors (Lipinski definition) is 2. The first kappa shape index (κ1) is 19.9. The van der Waals surface area contributed by atoms with Gasteiger partial charge in [0.1, 0.15) is 11.5 Å².